The van der Waals surface area contributed by atoms with Crippen LogP contribution in [-0.2, 0) is 11.3 Å². The summed E-state index contributed by atoms with van der Waals surface area (Å²) in [5.74, 6) is -0.361. The summed E-state index contributed by atoms with van der Waals surface area (Å²) in [6.07, 6.45) is 0. The Morgan fingerprint density at radius 3 is 2.48 bits per heavy atom. The summed E-state index contributed by atoms with van der Waals surface area (Å²) in [5, 5.41) is 13.1. The summed E-state index contributed by atoms with van der Waals surface area (Å²) in [4.78, 5) is 25.0. The van der Waals surface area contributed by atoms with Gasteiger partial charge in [0.15, 0.2) is 17.2 Å². The highest BCUT2D eigenvalue weighted by molar-refractivity contribution is 6.04. The average molecular weight is 427 g/mol. The summed E-state index contributed by atoms with van der Waals surface area (Å²) in [5.41, 5.74) is 2.00. The molecule has 10 heteroatoms. The highest BCUT2D eigenvalue weighted by Crippen LogP contribution is 2.29. The van der Waals surface area contributed by atoms with Crippen LogP contribution in [0.15, 0.2) is 36.4 Å². The SMILES string of the molecule is COc1ccc(NC(=O)Cn2nnc(C(=O)Nc3cc(F)ccc3C)c2C)cc1OC. The first-order valence-corrected chi connectivity index (χ1v) is 9.32. The largest absolute Gasteiger partial charge is 0.493 e. The lowest BCUT2D eigenvalue weighted by Gasteiger charge is -2.11. The number of hydrogen-bond acceptors (Lipinski definition) is 6. The fraction of sp³-hybridized carbons (Fsp3) is 0.238. The lowest BCUT2D eigenvalue weighted by molar-refractivity contribution is -0.117. The van der Waals surface area contributed by atoms with Crippen LogP contribution in [0.2, 0.25) is 0 Å². The van der Waals surface area contributed by atoms with Gasteiger partial charge in [0.05, 0.1) is 19.9 Å². The summed E-state index contributed by atoms with van der Waals surface area (Å²) in [6.45, 7) is 3.22. The monoisotopic (exact) mass is 427 g/mol. The molecule has 0 unspecified atom stereocenters. The second-order valence-electron chi connectivity index (χ2n) is 6.71. The molecular weight excluding hydrogens is 405 g/mol. The Bertz CT molecular complexity index is 1130. The summed E-state index contributed by atoms with van der Waals surface area (Å²) >= 11 is 0. The zero-order valence-corrected chi connectivity index (χ0v) is 17.5. The molecule has 0 aliphatic carbocycles. The summed E-state index contributed by atoms with van der Waals surface area (Å²) < 4.78 is 25.2. The van der Waals surface area contributed by atoms with E-state index in [-0.39, 0.29) is 18.1 Å². The van der Waals surface area contributed by atoms with Gasteiger partial charge >= 0.3 is 0 Å². The van der Waals surface area contributed by atoms with E-state index in [4.69, 9.17) is 9.47 Å². The van der Waals surface area contributed by atoms with Gasteiger partial charge in [0.1, 0.15) is 12.4 Å². The third kappa shape index (κ3) is 4.97. The molecule has 1 heterocycles. The van der Waals surface area contributed by atoms with Crippen molar-refractivity contribution in [2.45, 2.75) is 20.4 Å². The number of nitrogens with zero attached hydrogens (tertiary/aromatic N) is 3. The molecule has 2 N–H and O–H groups in total. The molecule has 0 radical (unpaired) electrons. The van der Waals surface area contributed by atoms with E-state index < -0.39 is 11.7 Å². The number of amides is 2. The minimum atomic E-state index is -0.544. The van der Waals surface area contributed by atoms with Crippen LogP contribution in [0, 0.1) is 19.7 Å². The first-order chi connectivity index (χ1) is 14.8. The number of carbonyl (C=O) groups excluding carboxylic acids is 2. The molecule has 0 saturated carbocycles. The number of ether oxygens (including phenoxy) is 2. The van der Waals surface area contributed by atoms with Crippen molar-refractivity contribution in [1.29, 1.82) is 0 Å². The Balaban J connectivity index is 1.69. The maximum absolute atomic E-state index is 13.5. The van der Waals surface area contributed by atoms with E-state index in [1.807, 2.05) is 0 Å². The van der Waals surface area contributed by atoms with Crippen molar-refractivity contribution in [1.82, 2.24) is 15.0 Å². The van der Waals surface area contributed by atoms with Gasteiger partial charge in [-0.3, -0.25) is 9.59 Å². The third-order valence-corrected chi connectivity index (χ3v) is 4.61. The van der Waals surface area contributed by atoms with Crippen LogP contribution < -0.4 is 20.1 Å². The second kappa shape index (κ2) is 9.24. The maximum atomic E-state index is 13.5. The molecule has 0 bridgehead atoms. The van der Waals surface area contributed by atoms with Gasteiger partial charge in [-0.15, -0.1) is 5.10 Å². The standard InChI is InChI=1S/C21H22FN5O4/c1-12-5-6-14(22)9-16(12)24-21(29)20-13(2)27(26-25-20)11-19(28)23-15-7-8-17(30-3)18(10-15)31-4/h5-10H,11H2,1-4H3,(H,23,28)(H,24,29). The highest BCUT2D eigenvalue weighted by Gasteiger charge is 2.19. The Hall–Kier alpha value is -3.95. The van der Waals surface area contributed by atoms with E-state index in [0.29, 0.717) is 34.1 Å². The number of carbonyl (C=O) groups is 2. The lowest BCUT2D eigenvalue weighted by atomic mass is 10.2. The second-order valence-corrected chi connectivity index (χ2v) is 6.71. The Morgan fingerprint density at radius 2 is 1.77 bits per heavy atom. The van der Waals surface area contributed by atoms with Gasteiger partial charge in [0.2, 0.25) is 5.91 Å². The molecule has 3 rings (SSSR count). The third-order valence-electron chi connectivity index (χ3n) is 4.61. The molecular formula is C21H22FN5O4. The molecule has 31 heavy (non-hydrogen) atoms. The number of anilines is 2. The van der Waals surface area contributed by atoms with Crippen LogP contribution in [0.3, 0.4) is 0 Å². The van der Waals surface area contributed by atoms with Gasteiger partial charge in [0, 0.05) is 17.4 Å². The number of benzene rings is 2. The van der Waals surface area contributed by atoms with E-state index >= 15 is 0 Å². The molecule has 9 nitrogen and oxygen atoms in total. The zero-order chi connectivity index (χ0) is 22.5. The molecule has 2 amide bonds. The number of halogens is 1. The molecule has 3 aromatic rings. The van der Waals surface area contributed by atoms with Crippen molar-refractivity contribution in [3.63, 3.8) is 0 Å². The quantitative estimate of drug-likeness (QED) is 0.600. The molecule has 0 aliphatic rings. The van der Waals surface area contributed by atoms with E-state index in [0.717, 1.165) is 0 Å². The molecule has 0 fully saturated rings. The van der Waals surface area contributed by atoms with E-state index in [2.05, 4.69) is 20.9 Å². The number of nitrogens with one attached hydrogen (secondary N) is 2. The molecule has 0 saturated heterocycles. The Kier molecular flexibility index (Phi) is 6.49. The van der Waals surface area contributed by atoms with Crippen molar-refractivity contribution >= 4 is 23.2 Å². The summed E-state index contributed by atoms with van der Waals surface area (Å²) in [7, 11) is 3.02. The normalized spacial score (nSPS) is 10.5. The first-order valence-electron chi connectivity index (χ1n) is 9.32. The van der Waals surface area contributed by atoms with Crippen molar-refractivity contribution in [2.24, 2.45) is 0 Å². The number of rotatable bonds is 7. The minimum absolute atomic E-state index is 0.0441. The minimum Gasteiger partial charge on any atom is -0.493 e. The van der Waals surface area contributed by atoms with Crippen LogP contribution in [-0.4, -0.2) is 41.0 Å². The molecule has 0 atom stereocenters. The number of hydrogen-bond donors (Lipinski definition) is 2. The van der Waals surface area contributed by atoms with Crippen LogP contribution >= 0.6 is 0 Å². The van der Waals surface area contributed by atoms with Gasteiger partial charge in [-0.25, -0.2) is 9.07 Å². The number of aryl methyl sites for hydroxylation is 1. The predicted octanol–water partition coefficient (Wildman–Crippen LogP) is 2.94. The van der Waals surface area contributed by atoms with Crippen LogP contribution in [0.5, 0.6) is 11.5 Å². The fourth-order valence-corrected chi connectivity index (χ4v) is 2.88. The molecule has 162 valence electrons. The maximum Gasteiger partial charge on any atom is 0.278 e. The highest BCUT2D eigenvalue weighted by atomic mass is 19.1. The lowest BCUT2D eigenvalue weighted by Crippen LogP contribution is -2.21. The van der Waals surface area contributed by atoms with Crippen molar-refractivity contribution < 1.29 is 23.5 Å². The Morgan fingerprint density at radius 1 is 1.03 bits per heavy atom. The molecule has 0 aliphatic heterocycles. The summed E-state index contributed by atoms with van der Waals surface area (Å²) in [6, 6.07) is 9.07. The molecule has 0 spiro atoms. The van der Waals surface area contributed by atoms with Gasteiger partial charge in [0.25, 0.3) is 5.91 Å². The topological polar surface area (TPSA) is 107 Å². The van der Waals surface area contributed by atoms with Gasteiger partial charge in [-0.2, -0.15) is 0 Å². The average Bonchev–Trinajstić information content (AvgIpc) is 3.10. The van der Waals surface area contributed by atoms with Crippen molar-refractivity contribution in [3.05, 3.63) is 59.2 Å². The van der Waals surface area contributed by atoms with Crippen molar-refractivity contribution in [2.75, 3.05) is 24.9 Å². The fourth-order valence-electron chi connectivity index (χ4n) is 2.88. The number of aromatic nitrogens is 3. The molecule has 2 aromatic carbocycles. The van der Waals surface area contributed by atoms with Crippen LogP contribution in [0.4, 0.5) is 15.8 Å². The number of methoxy groups -OCH3 is 2. The van der Waals surface area contributed by atoms with Gasteiger partial charge in [-0.05, 0) is 43.7 Å². The Labute approximate surface area is 178 Å². The smallest absolute Gasteiger partial charge is 0.278 e. The van der Waals surface area contributed by atoms with E-state index in [1.165, 1.54) is 31.0 Å². The van der Waals surface area contributed by atoms with Gasteiger partial charge in [-0.1, -0.05) is 11.3 Å². The van der Waals surface area contributed by atoms with Crippen LogP contribution in [0.25, 0.3) is 0 Å². The van der Waals surface area contributed by atoms with Crippen LogP contribution in [0.1, 0.15) is 21.7 Å². The van der Waals surface area contributed by atoms with E-state index in [9.17, 15) is 14.0 Å². The van der Waals surface area contributed by atoms with Gasteiger partial charge < -0.3 is 20.1 Å². The molecule has 1 aromatic heterocycles. The zero-order valence-electron chi connectivity index (χ0n) is 17.5. The predicted molar refractivity (Wildman–Crippen MR) is 112 cm³/mol. The van der Waals surface area contributed by atoms with E-state index in [1.54, 1.807) is 38.1 Å². The first kappa shape index (κ1) is 21.8. The van der Waals surface area contributed by atoms with Crippen molar-refractivity contribution in [3.8, 4) is 11.5 Å².